The fourth-order valence-corrected chi connectivity index (χ4v) is 10.0. The van der Waals surface area contributed by atoms with Crippen LogP contribution in [0.1, 0.15) is 28.3 Å². The zero-order chi connectivity index (χ0) is 24.0. The van der Waals surface area contributed by atoms with Crippen LogP contribution in [0.5, 0.6) is 5.75 Å². The number of ether oxygens (including phenoxy) is 1. The second-order valence-electron chi connectivity index (χ2n) is 10.1. The van der Waals surface area contributed by atoms with Crippen LogP contribution in [0.2, 0.25) is 0 Å². The minimum Gasteiger partial charge on any atom is -0.497 e. The number of aromatic nitrogens is 1. The first-order valence-corrected chi connectivity index (χ1v) is 13.6. The molecule has 2 saturated carbocycles. The van der Waals surface area contributed by atoms with Gasteiger partial charge in [0.05, 0.1) is 29.7 Å². The first-order valence-electron chi connectivity index (χ1n) is 11.9. The molecule has 3 fully saturated rings. The second kappa shape index (κ2) is 7.58. The van der Waals surface area contributed by atoms with Crippen molar-refractivity contribution < 1.29 is 14.3 Å². The Morgan fingerprint density at radius 2 is 1.63 bits per heavy atom. The highest BCUT2D eigenvalue weighted by Gasteiger charge is 2.69. The van der Waals surface area contributed by atoms with Crippen LogP contribution < -0.4 is 14.5 Å². The molecule has 178 valence electrons. The summed E-state index contributed by atoms with van der Waals surface area (Å²) in [5, 5.41) is 1.12. The van der Waals surface area contributed by atoms with Crippen molar-refractivity contribution in [2.75, 3.05) is 12.0 Å². The molecule has 3 heterocycles. The molecular weight excluding hydrogens is 480 g/mol. The van der Waals surface area contributed by atoms with E-state index in [-0.39, 0.29) is 57.4 Å². The Balaban J connectivity index is 1.31. The molecule has 2 aliphatic heterocycles. The fraction of sp³-hybridized carbons (Fsp3) is 0.370. The quantitative estimate of drug-likeness (QED) is 0.534. The lowest BCUT2D eigenvalue weighted by molar-refractivity contribution is -0.123. The van der Waals surface area contributed by atoms with E-state index in [9.17, 15) is 14.4 Å². The van der Waals surface area contributed by atoms with E-state index in [1.807, 2.05) is 43.3 Å². The summed E-state index contributed by atoms with van der Waals surface area (Å²) in [7, 11) is 1.65. The molecule has 3 aromatic rings. The van der Waals surface area contributed by atoms with E-state index in [4.69, 9.17) is 4.74 Å². The minimum atomic E-state index is -0.284. The maximum absolute atomic E-state index is 13.8. The smallest absolute Gasteiger partial charge is 0.305 e. The Labute approximate surface area is 210 Å². The maximum atomic E-state index is 13.8. The van der Waals surface area contributed by atoms with E-state index in [1.165, 1.54) is 16.2 Å². The monoisotopic (exact) mass is 504 g/mol. The second-order valence-corrected chi connectivity index (χ2v) is 12.3. The van der Waals surface area contributed by atoms with Gasteiger partial charge in [0, 0.05) is 16.0 Å². The van der Waals surface area contributed by atoms with E-state index >= 15 is 0 Å². The lowest BCUT2D eigenvalue weighted by Crippen LogP contribution is -2.42. The van der Waals surface area contributed by atoms with Crippen LogP contribution in [0.25, 0.3) is 0 Å². The normalized spacial score (nSPS) is 32.5. The highest BCUT2D eigenvalue weighted by atomic mass is 32.2. The summed E-state index contributed by atoms with van der Waals surface area (Å²) in [5.41, 5.74) is 2.90. The number of H-pyrrole nitrogens is 1. The summed E-state index contributed by atoms with van der Waals surface area (Å²) >= 11 is 3.00. The van der Waals surface area contributed by atoms with Crippen molar-refractivity contribution in [2.45, 2.75) is 29.5 Å². The number of nitrogens with one attached hydrogen (secondary N) is 1. The number of carbonyl (C=O) groups is 2. The number of carbonyl (C=O) groups excluding carboxylic acids is 2. The van der Waals surface area contributed by atoms with E-state index < -0.39 is 0 Å². The lowest BCUT2D eigenvalue weighted by Gasteiger charge is -2.43. The Bertz CT molecular complexity index is 1410. The molecule has 35 heavy (non-hydrogen) atoms. The number of anilines is 1. The molecule has 1 N–H and O–H groups in total. The summed E-state index contributed by atoms with van der Waals surface area (Å²) in [4.78, 5) is 45.3. The number of nitrogens with zero attached hydrogens (tertiary/aromatic N) is 1. The van der Waals surface area contributed by atoms with Crippen LogP contribution >= 0.6 is 23.1 Å². The number of thioether (sulfide) groups is 1. The third-order valence-electron chi connectivity index (χ3n) is 8.49. The summed E-state index contributed by atoms with van der Waals surface area (Å²) in [6, 6.07) is 15.7. The van der Waals surface area contributed by atoms with Gasteiger partial charge < -0.3 is 9.72 Å². The predicted molar refractivity (Wildman–Crippen MR) is 135 cm³/mol. The van der Waals surface area contributed by atoms with Crippen molar-refractivity contribution in [1.82, 2.24) is 4.98 Å². The van der Waals surface area contributed by atoms with Gasteiger partial charge in [0.1, 0.15) is 5.75 Å². The number of fused-ring (bicyclic) bond motifs is 9. The van der Waals surface area contributed by atoms with Gasteiger partial charge >= 0.3 is 4.87 Å². The van der Waals surface area contributed by atoms with Crippen LogP contribution in [-0.4, -0.2) is 29.2 Å². The number of thiazole rings is 1. The van der Waals surface area contributed by atoms with Gasteiger partial charge in [-0.15, -0.1) is 11.8 Å². The van der Waals surface area contributed by atoms with E-state index in [0.717, 1.165) is 33.2 Å². The highest BCUT2D eigenvalue weighted by molar-refractivity contribution is 8.00. The van der Waals surface area contributed by atoms with Gasteiger partial charge in [-0.3, -0.25) is 19.3 Å². The van der Waals surface area contributed by atoms with Gasteiger partial charge in [-0.25, -0.2) is 0 Å². The maximum Gasteiger partial charge on any atom is 0.305 e. The number of benzene rings is 2. The topological polar surface area (TPSA) is 79.5 Å². The van der Waals surface area contributed by atoms with Crippen molar-refractivity contribution in [1.29, 1.82) is 0 Å². The molecule has 0 spiro atoms. The molecule has 1 aromatic heterocycles. The van der Waals surface area contributed by atoms with E-state index in [0.29, 0.717) is 5.69 Å². The number of hydrogen-bond acceptors (Lipinski definition) is 6. The summed E-state index contributed by atoms with van der Waals surface area (Å²) in [6.45, 7) is 2.00. The van der Waals surface area contributed by atoms with Gasteiger partial charge in [0.2, 0.25) is 11.8 Å². The largest absolute Gasteiger partial charge is 0.497 e. The molecular formula is C27H24N2O4S2. The number of imide groups is 1. The standard InChI is InChI=1S/C27H24N2O4S2/c1-12-3-7-14(8-4-12)29-25(30)20-16-11-17(21(20)26(29)31)22-19(16)18(13-5-9-15(33-2)10-6-13)23-24(34-22)28-27(32)35-23/h3-10,16-22H,11H2,1-2H3,(H,28,32)/t16-,17+,18+,19-,20+,21+,22-/m1/s1. The van der Waals surface area contributed by atoms with Gasteiger partial charge in [-0.2, -0.15) is 0 Å². The molecule has 1 saturated heterocycles. The van der Waals surface area contributed by atoms with Crippen LogP contribution in [0.15, 0.2) is 58.4 Å². The van der Waals surface area contributed by atoms with Gasteiger partial charge in [-0.1, -0.05) is 41.2 Å². The van der Waals surface area contributed by atoms with Crippen molar-refractivity contribution >= 4 is 40.6 Å². The SMILES string of the molecule is COc1ccc([C@@H]2c3sc(=O)[nH]c3S[C@@H]3[C@H]4C[C@@H]([C@@H]5C(=O)N(c6ccc(C)cc6)C(=O)[C@@H]45)[C@H]23)cc1. The van der Waals surface area contributed by atoms with Crippen LogP contribution in [0.3, 0.4) is 0 Å². The molecule has 7 atom stereocenters. The molecule has 2 aromatic carbocycles. The third-order valence-corrected chi connectivity index (χ3v) is 11.1. The fourth-order valence-electron chi connectivity index (χ4n) is 7.15. The Hall–Kier alpha value is -2.84. The number of aromatic amines is 1. The predicted octanol–water partition coefficient (Wildman–Crippen LogP) is 4.43. The van der Waals surface area contributed by atoms with Crippen molar-refractivity contribution in [3.63, 3.8) is 0 Å². The zero-order valence-electron chi connectivity index (χ0n) is 19.3. The van der Waals surface area contributed by atoms with E-state index in [1.54, 1.807) is 18.9 Å². The number of aryl methyl sites for hydroxylation is 1. The van der Waals surface area contributed by atoms with Crippen LogP contribution in [0.4, 0.5) is 5.69 Å². The summed E-state index contributed by atoms with van der Waals surface area (Å²) in [5.74, 6) is 0.598. The van der Waals surface area contributed by atoms with Gasteiger partial charge in [0.15, 0.2) is 0 Å². The average Bonchev–Trinajstić information content (AvgIpc) is 3.59. The molecule has 0 unspecified atom stereocenters. The molecule has 6 nitrogen and oxygen atoms in total. The number of methoxy groups -OCH3 is 1. The zero-order valence-corrected chi connectivity index (χ0v) is 20.9. The summed E-state index contributed by atoms with van der Waals surface area (Å²) < 4.78 is 5.36. The number of rotatable bonds is 3. The molecule has 2 aliphatic carbocycles. The Morgan fingerprint density at radius 3 is 2.31 bits per heavy atom. The molecule has 7 rings (SSSR count). The first kappa shape index (κ1) is 21.4. The van der Waals surface area contributed by atoms with Crippen LogP contribution in [0, 0.1) is 36.5 Å². The first-order chi connectivity index (χ1) is 17.0. The molecule has 0 radical (unpaired) electrons. The minimum absolute atomic E-state index is 0.0263. The molecule has 8 heteroatoms. The molecule has 2 bridgehead atoms. The summed E-state index contributed by atoms with van der Waals surface area (Å²) in [6.07, 6.45) is 0.892. The third kappa shape index (κ3) is 2.93. The molecule has 2 amide bonds. The van der Waals surface area contributed by atoms with Gasteiger partial charge in [0.25, 0.3) is 0 Å². The highest BCUT2D eigenvalue weighted by Crippen LogP contribution is 2.68. The van der Waals surface area contributed by atoms with E-state index in [2.05, 4.69) is 17.1 Å². The van der Waals surface area contributed by atoms with Crippen LogP contribution in [-0.2, 0) is 9.59 Å². The Morgan fingerprint density at radius 1 is 0.943 bits per heavy atom. The van der Waals surface area contributed by atoms with Crippen molar-refractivity contribution in [2.24, 2.45) is 29.6 Å². The average molecular weight is 505 g/mol. The Kier molecular flexibility index (Phi) is 4.64. The van der Waals surface area contributed by atoms with Crippen molar-refractivity contribution in [3.8, 4) is 5.75 Å². The van der Waals surface area contributed by atoms with Gasteiger partial charge in [-0.05, 0) is 60.9 Å². The number of amides is 2. The lowest BCUT2D eigenvalue weighted by atomic mass is 9.68. The molecule has 4 aliphatic rings. The number of hydrogen-bond donors (Lipinski definition) is 1. The van der Waals surface area contributed by atoms with Crippen molar-refractivity contribution in [3.05, 3.63) is 74.2 Å².